The van der Waals surface area contributed by atoms with Crippen molar-refractivity contribution in [3.05, 3.63) is 163 Å². The fourth-order valence-electron chi connectivity index (χ4n) is 7.57. The lowest BCUT2D eigenvalue weighted by Crippen LogP contribution is -2.04. The summed E-state index contributed by atoms with van der Waals surface area (Å²) < 4.78 is 0. The van der Waals surface area contributed by atoms with Gasteiger partial charge in [-0.05, 0) is 106 Å². The van der Waals surface area contributed by atoms with Gasteiger partial charge in [0.05, 0.1) is 5.52 Å². The molecule has 2 heterocycles. The maximum absolute atomic E-state index is 5.17. The largest absolute Gasteiger partial charge is 0.256 e. The summed E-state index contributed by atoms with van der Waals surface area (Å²) in [5.41, 5.74) is 13.4. The first-order valence-electron chi connectivity index (χ1n) is 17.7. The van der Waals surface area contributed by atoms with Gasteiger partial charge in [-0.1, -0.05) is 116 Å². The second kappa shape index (κ2) is 12.6. The van der Waals surface area contributed by atoms with Crippen LogP contribution >= 0.6 is 0 Å². The Kier molecular flexibility index (Phi) is 7.58. The number of fused-ring (bicyclic) bond motifs is 1. The number of para-hydroxylation sites is 1. The number of nitrogens with zero attached hydrogens (tertiary/aromatic N) is 4. The molecule has 4 heteroatoms. The number of benzene rings is 5. The van der Waals surface area contributed by atoms with E-state index in [4.69, 9.17) is 19.9 Å². The highest BCUT2D eigenvalue weighted by molar-refractivity contribution is 6.24. The van der Waals surface area contributed by atoms with Gasteiger partial charge in [-0.25, -0.2) is 15.0 Å². The molecule has 2 aliphatic rings. The molecule has 244 valence electrons. The van der Waals surface area contributed by atoms with E-state index in [-0.39, 0.29) is 0 Å². The third kappa shape index (κ3) is 5.40. The van der Waals surface area contributed by atoms with Gasteiger partial charge in [0.15, 0.2) is 17.5 Å². The van der Waals surface area contributed by atoms with Crippen molar-refractivity contribution in [2.75, 3.05) is 0 Å². The summed E-state index contributed by atoms with van der Waals surface area (Å²) in [5, 5.41) is 3.63. The van der Waals surface area contributed by atoms with Crippen LogP contribution in [0.3, 0.4) is 0 Å². The number of aromatic nitrogens is 4. The standard InChI is InChI=1S/C47H36N4/c1-4-37-38(5-2)42-23-22-39(41-16-11-15-40(37)44(41)42)34-25-33(36-24-32-14-9-10-17-43(32)48-28-36)26-35(27-34)47-50-45(30-12-7-6-8-13-30)49-46(51-47)31-20-18-29(3)19-21-31/h4-18,20-29H,19H2,1-3H3/b37-4+,38-5+. The molecule has 0 N–H and O–H groups in total. The predicted octanol–water partition coefficient (Wildman–Crippen LogP) is 12.0. The molecule has 9 rings (SSSR count). The van der Waals surface area contributed by atoms with E-state index in [0.717, 1.165) is 50.7 Å². The van der Waals surface area contributed by atoms with Crippen LogP contribution in [0.5, 0.6) is 0 Å². The number of pyridine rings is 1. The summed E-state index contributed by atoms with van der Waals surface area (Å²) in [7, 11) is 0. The summed E-state index contributed by atoms with van der Waals surface area (Å²) in [6, 6.07) is 38.7. The van der Waals surface area contributed by atoms with Gasteiger partial charge in [-0.2, -0.15) is 0 Å². The topological polar surface area (TPSA) is 51.6 Å². The van der Waals surface area contributed by atoms with Crippen LogP contribution in [-0.4, -0.2) is 19.9 Å². The highest BCUT2D eigenvalue weighted by Gasteiger charge is 2.25. The normalized spacial score (nSPS) is 16.8. The lowest BCUT2D eigenvalue weighted by molar-refractivity contribution is 0.738. The molecule has 0 saturated heterocycles. The Labute approximate surface area is 298 Å². The second-order valence-electron chi connectivity index (χ2n) is 13.4. The Hall–Kier alpha value is -6.26. The SMILES string of the molecule is C/C=C1\C(=C/C)c2ccc(-c3cc(-c4cnc5ccccc5c4)cc(-c4nc(C5=CCC(C)C=C5)nc(-c5ccccc5)n4)c3)c3cccc1c23. The lowest BCUT2D eigenvalue weighted by Gasteiger charge is -2.15. The number of hydrogen-bond donors (Lipinski definition) is 0. The van der Waals surface area contributed by atoms with Crippen molar-refractivity contribution >= 4 is 38.4 Å². The van der Waals surface area contributed by atoms with E-state index in [1.54, 1.807) is 0 Å². The van der Waals surface area contributed by atoms with Crippen molar-refractivity contribution in [1.29, 1.82) is 0 Å². The average molecular weight is 657 g/mol. The smallest absolute Gasteiger partial charge is 0.164 e. The molecule has 0 radical (unpaired) electrons. The van der Waals surface area contributed by atoms with Crippen molar-refractivity contribution in [3.8, 4) is 45.0 Å². The van der Waals surface area contributed by atoms with Crippen molar-refractivity contribution < 1.29 is 0 Å². The molecule has 5 aromatic carbocycles. The number of hydrogen-bond acceptors (Lipinski definition) is 4. The van der Waals surface area contributed by atoms with Crippen molar-refractivity contribution in [1.82, 2.24) is 19.9 Å². The van der Waals surface area contributed by atoms with Crippen LogP contribution in [0.4, 0.5) is 0 Å². The fraction of sp³-hybridized carbons (Fsp3) is 0.106. The van der Waals surface area contributed by atoms with Crippen LogP contribution in [0.2, 0.25) is 0 Å². The molecule has 0 aliphatic heterocycles. The molecule has 7 aromatic rings. The Morgan fingerprint density at radius 3 is 2.06 bits per heavy atom. The molecule has 2 aromatic heterocycles. The highest BCUT2D eigenvalue weighted by Crippen LogP contribution is 2.48. The zero-order valence-corrected chi connectivity index (χ0v) is 28.9. The minimum atomic E-state index is 0.490. The Morgan fingerprint density at radius 2 is 1.27 bits per heavy atom. The second-order valence-corrected chi connectivity index (χ2v) is 13.4. The minimum absolute atomic E-state index is 0.490. The zero-order valence-electron chi connectivity index (χ0n) is 28.9. The summed E-state index contributed by atoms with van der Waals surface area (Å²) >= 11 is 0. The molecule has 0 saturated carbocycles. The van der Waals surface area contributed by atoms with Crippen molar-refractivity contribution in [2.45, 2.75) is 27.2 Å². The molecule has 0 fully saturated rings. The first-order valence-corrected chi connectivity index (χ1v) is 17.7. The van der Waals surface area contributed by atoms with Crippen LogP contribution in [0.1, 0.15) is 44.1 Å². The molecule has 1 unspecified atom stereocenters. The molecule has 51 heavy (non-hydrogen) atoms. The van der Waals surface area contributed by atoms with E-state index in [1.165, 1.54) is 38.6 Å². The molecule has 0 bridgehead atoms. The maximum atomic E-state index is 5.17. The summed E-state index contributed by atoms with van der Waals surface area (Å²) in [4.78, 5) is 20.2. The summed E-state index contributed by atoms with van der Waals surface area (Å²) in [6.07, 6.45) is 14.0. The Balaban J connectivity index is 1.30. The summed E-state index contributed by atoms with van der Waals surface area (Å²) in [5.74, 6) is 2.47. The molecule has 2 aliphatic carbocycles. The monoisotopic (exact) mass is 656 g/mol. The zero-order chi connectivity index (χ0) is 34.5. The number of allylic oxidation sites excluding steroid dienone is 8. The van der Waals surface area contributed by atoms with Crippen LogP contribution in [0.25, 0.3) is 83.4 Å². The highest BCUT2D eigenvalue weighted by atomic mass is 15.0. The van der Waals surface area contributed by atoms with Crippen LogP contribution < -0.4 is 0 Å². The third-order valence-electron chi connectivity index (χ3n) is 10.2. The van der Waals surface area contributed by atoms with E-state index in [1.807, 2.05) is 30.5 Å². The molecule has 0 spiro atoms. The molecular formula is C47H36N4. The van der Waals surface area contributed by atoms with Crippen LogP contribution in [-0.2, 0) is 0 Å². The third-order valence-corrected chi connectivity index (χ3v) is 10.2. The first-order chi connectivity index (χ1) is 25.1. The molecule has 1 atom stereocenters. The predicted molar refractivity (Wildman–Crippen MR) is 213 cm³/mol. The van der Waals surface area contributed by atoms with Gasteiger partial charge < -0.3 is 0 Å². The molecular weight excluding hydrogens is 621 g/mol. The maximum Gasteiger partial charge on any atom is 0.164 e. The van der Waals surface area contributed by atoms with Gasteiger partial charge in [0.25, 0.3) is 0 Å². The van der Waals surface area contributed by atoms with Gasteiger partial charge in [0.1, 0.15) is 0 Å². The Morgan fingerprint density at radius 1 is 0.588 bits per heavy atom. The van der Waals surface area contributed by atoms with Crippen LogP contribution in [0, 0.1) is 5.92 Å². The van der Waals surface area contributed by atoms with Crippen LogP contribution in [0.15, 0.2) is 146 Å². The summed E-state index contributed by atoms with van der Waals surface area (Å²) in [6.45, 7) is 6.49. The van der Waals surface area contributed by atoms with E-state index in [0.29, 0.717) is 23.4 Å². The van der Waals surface area contributed by atoms with E-state index >= 15 is 0 Å². The number of rotatable bonds is 5. The van der Waals surface area contributed by atoms with Crippen molar-refractivity contribution in [2.24, 2.45) is 5.92 Å². The van der Waals surface area contributed by atoms with Crippen molar-refractivity contribution in [3.63, 3.8) is 0 Å². The fourth-order valence-corrected chi connectivity index (χ4v) is 7.57. The van der Waals surface area contributed by atoms with Gasteiger partial charge >= 0.3 is 0 Å². The quantitative estimate of drug-likeness (QED) is 0.185. The van der Waals surface area contributed by atoms with E-state index in [2.05, 4.69) is 136 Å². The van der Waals surface area contributed by atoms with Gasteiger partial charge in [-0.15, -0.1) is 0 Å². The average Bonchev–Trinajstić information content (AvgIpc) is 3.51. The minimum Gasteiger partial charge on any atom is -0.256 e. The van der Waals surface area contributed by atoms with Gasteiger partial charge in [0.2, 0.25) is 0 Å². The molecule has 0 amide bonds. The van der Waals surface area contributed by atoms with Gasteiger partial charge in [-0.3, -0.25) is 4.98 Å². The molecule has 4 nitrogen and oxygen atoms in total. The van der Waals surface area contributed by atoms with E-state index in [9.17, 15) is 0 Å². The van der Waals surface area contributed by atoms with E-state index < -0.39 is 0 Å². The lowest BCUT2D eigenvalue weighted by atomic mass is 9.91. The Bertz CT molecular complexity index is 2620. The van der Waals surface area contributed by atoms with Gasteiger partial charge in [0, 0.05) is 33.8 Å². The first kappa shape index (κ1) is 30.8.